The van der Waals surface area contributed by atoms with E-state index in [9.17, 15) is 8.42 Å². The summed E-state index contributed by atoms with van der Waals surface area (Å²) in [4.78, 5) is 0. The minimum absolute atomic E-state index is 0.105. The summed E-state index contributed by atoms with van der Waals surface area (Å²) in [5.41, 5.74) is 0.942. The van der Waals surface area contributed by atoms with Crippen molar-refractivity contribution in [2.75, 3.05) is 26.4 Å². The Hall–Kier alpha value is -0.920. The van der Waals surface area contributed by atoms with Crippen molar-refractivity contribution in [2.45, 2.75) is 6.54 Å². The van der Waals surface area contributed by atoms with Crippen LogP contribution in [0.1, 0.15) is 5.69 Å². The van der Waals surface area contributed by atoms with Gasteiger partial charge in [0.2, 0.25) is 10.0 Å². The van der Waals surface area contributed by atoms with Gasteiger partial charge >= 0.3 is 0 Å². The van der Waals surface area contributed by atoms with Crippen LogP contribution in [0.5, 0.6) is 0 Å². The number of hydrogen-bond donors (Lipinski definition) is 2. The van der Waals surface area contributed by atoms with E-state index in [4.69, 9.17) is 0 Å². The zero-order chi connectivity index (χ0) is 11.3. The molecule has 0 atom stereocenters. The van der Waals surface area contributed by atoms with Gasteiger partial charge in [-0.3, -0.25) is 5.10 Å². The third-order valence-electron chi connectivity index (χ3n) is 1.97. The van der Waals surface area contributed by atoms with Gasteiger partial charge < -0.3 is 5.32 Å². The molecule has 0 aliphatic rings. The fourth-order valence-electron chi connectivity index (χ4n) is 0.990. The van der Waals surface area contributed by atoms with Crippen LogP contribution in [-0.2, 0) is 16.6 Å². The summed E-state index contributed by atoms with van der Waals surface area (Å²) in [5, 5.41) is 9.59. The molecule has 0 saturated heterocycles. The first-order valence-electron chi connectivity index (χ1n) is 4.61. The van der Waals surface area contributed by atoms with Crippen molar-refractivity contribution in [3.8, 4) is 0 Å². The van der Waals surface area contributed by atoms with Gasteiger partial charge in [-0.25, -0.2) is 12.7 Å². The normalized spacial score (nSPS) is 12.2. The second-order valence-electron chi connectivity index (χ2n) is 3.36. The van der Waals surface area contributed by atoms with Gasteiger partial charge in [-0.05, 0) is 6.07 Å². The third kappa shape index (κ3) is 3.98. The molecule has 0 radical (unpaired) electrons. The van der Waals surface area contributed by atoms with Crippen LogP contribution in [0.3, 0.4) is 0 Å². The first-order chi connectivity index (χ1) is 7.02. The Bertz CT molecular complexity index is 371. The van der Waals surface area contributed by atoms with Gasteiger partial charge in [0.1, 0.15) is 0 Å². The highest BCUT2D eigenvalue weighted by molar-refractivity contribution is 7.89. The number of rotatable bonds is 6. The lowest BCUT2D eigenvalue weighted by atomic mass is 10.4. The number of sulfonamides is 1. The van der Waals surface area contributed by atoms with Crippen LogP contribution in [0.4, 0.5) is 0 Å². The lowest BCUT2D eigenvalue weighted by Gasteiger charge is -2.11. The summed E-state index contributed by atoms with van der Waals surface area (Å²) in [6.45, 7) is 1.03. The molecule has 15 heavy (non-hydrogen) atoms. The molecule has 1 aromatic rings. The van der Waals surface area contributed by atoms with Crippen molar-refractivity contribution >= 4 is 10.0 Å². The molecule has 0 bridgehead atoms. The van der Waals surface area contributed by atoms with E-state index in [1.54, 1.807) is 6.20 Å². The van der Waals surface area contributed by atoms with Crippen molar-refractivity contribution in [3.63, 3.8) is 0 Å². The van der Waals surface area contributed by atoms with E-state index in [0.717, 1.165) is 5.69 Å². The molecule has 0 amide bonds. The molecule has 0 unspecified atom stereocenters. The average Bonchev–Trinajstić information content (AvgIpc) is 2.64. The van der Waals surface area contributed by atoms with Gasteiger partial charge in [0.05, 0.1) is 5.75 Å². The molecule has 0 saturated carbocycles. The summed E-state index contributed by atoms with van der Waals surface area (Å²) in [5.74, 6) is 0.105. The Morgan fingerprint density at radius 2 is 2.27 bits per heavy atom. The number of nitrogens with zero attached hydrogens (tertiary/aromatic N) is 2. The monoisotopic (exact) mass is 232 g/mol. The minimum atomic E-state index is -3.09. The lowest BCUT2D eigenvalue weighted by molar-refractivity contribution is 0.517. The molecule has 1 rings (SSSR count). The highest BCUT2D eigenvalue weighted by Crippen LogP contribution is 1.93. The first-order valence-corrected chi connectivity index (χ1v) is 6.22. The number of nitrogens with one attached hydrogen (secondary N) is 2. The molecule has 0 aliphatic heterocycles. The topological polar surface area (TPSA) is 78.1 Å². The molecule has 1 aromatic heterocycles. The largest absolute Gasteiger partial charge is 0.310 e. The quantitative estimate of drug-likeness (QED) is 0.641. The smallest absolute Gasteiger partial charge is 0.214 e. The van der Waals surface area contributed by atoms with Gasteiger partial charge in [0, 0.05) is 39.1 Å². The summed E-state index contributed by atoms with van der Waals surface area (Å²) in [7, 11) is -0.0303. The molecule has 6 nitrogen and oxygen atoms in total. The number of aromatic amines is 1. The molecule has 7 heteroatoms. The van der Waals surface area contributed by atoms with Gasteiger partial charge in [-0.1, -0.05) is 0 Å². The minimum Gasteiger partial charge on any atom is -0.310 e. The van der Waals surface area contributed by atoms with Gasteiger partial charge in [-0.2, -0.15) is 5.10 Å². The maximum atomic E-state index is 11.4. The first kappa shape index (κ1) is 12.2. The lowest BCUT2D eigenvalue weighted by Crippen LogP contribution is -2.31. The van der Waals surface area contributed by atoms with Crippen LogP contribution < -0.4 is 5.32 Å². The van der Waals surface area contributed by atoms with Gasteiger partial charge in [-0.15, -0.1) is 0 Å². The highest BCUT2D eigenvalue weighted by Gasteiger charge is 2.12. The van der Waals surface area contributed by atoms with E-state index >= 15 is 0 Å². The maximum Gasteiger partial charge on any atom is 0.214 e. The Balaban J connectivity index is 2.23. The average molecular weight is 232 g/mol. The van der Waals surface area contributed by atoms with Crippen LogP contribution in [0, 0.1) is 0 Å². The van der Waals surface area contributed by atoms with Gasteiger partial charge in [0.15, 0.2) is 0 Å². The zero-order valence-corrected chi connectivity index (χ0v) is 9.71. The summed E-state index contributed by atoms with van der Waals surface area (Å²) in [6, 6.07) is 1.84. The van der Waals surface area contributed by atoms with Crippen molar-refractivity contribution < 1.29 is 8.42 Å². The highest BCUT2D eigenvalue weighted by atomic mass is 32.2. The third-order valence-corrected chi connectivity index (χ3v) is 3.80. The molecule has 2 N–H and O–H groups in total. The molecular formula is C8H16N4O2S. The zero-order valence-electron chi connectivity index (χ0n) is 8.90. The fraction of sp³-hybridized carbons (Fsp3) is 0.625. The van der Waals surface area contributed by atoms with E-state index in [-0.39, 0.29) is 5.75 Å². The summed E-state index contributed by atoms with van der Waals surface area (Å²) < 4.78 is 23.9. The number of H-pyrrole nitrogens is 1. The van der Waals surface area contributed by atoms with Crippen molar-refractivity contribution in [3.05, 3.63) is 18.0 Å². The molecule has 0 spiro atoms. The molecule has 0 fully saturated rings. The Labute approximate surface area is 89.7 Å². The van der Waals surface area contributed by atoms with E-state index < -0.39 is 10.0 Å². The standard InChI is InChI=1S/C8H16N4O2S/c1-12(2)15(13,14)6-5-9-7-8-3-4-10-11-8/h3-4,9H,5-7H2,1-2H3,(H,10,11). The molecule has 0 aromatic carbocycles. The van der Waals surface area contributed by atoms with E-state index in [2.05, 4.69) is 15.5 Å². The number of aromatic nitrogens is 2. The van der Waals surface area contributed by atoms with E-state index in [1.165, 1.54) is 18.4 Å². The van der Waals surface area contributed by atoms with E-state index in [0.29, 0.717) is 13.1 Å². The van der Waals surface area contributed by atoms with Crippen molar-refractivity contribution in [1.82, 2.24) is 19.8 Å². The predicted molar refractivity (Wildman–Crippen MR) is 57.8 cm³/mol. The molecular weight excluding hydrogens is 216 g/mol. The SMILES string of the molecule is CN(C)S(=O)(=O)CCNCc1ccn[nH]1. The van der Waals surface area contributed by atoms with Crippen molar-refractivity contribution in [1.29, 1.82) is 0 Å². The van der Waals surface area contributed by atoms with Gasteiger partial charge in [0.25, 0.3) is 0 Å². The van der Waals surface area contributed by atoms with Crippen LogP contribution in [0.2, 0.25) is 0 Å². The number of hydrogen-bond acceptors (Lipinski definition) is 4. The van der Waals surface area contributed by atoms with Crippen molar-refractivity contribution in [2.24, 2.45) is 0 Å². The summed E-state index contributed by atoms with van der Waals surface area (Å²) in [6.07, 6.45) is 1.66. The van der Waals surface area contributed by atoms with Crippen LogP contribution in [-0.4, -0.2) is 49.3 Å². The maximum absolute atomic E-state index is 11.4. The second kappa shape index (κ2) is 5.24. The van der Waals surface area contributed by atoms with Crippen LogP contribution in [0.15, 0.2) is 12.3 Å². The Morgan fingerprint density at radius 3 is 2.80 bits per heavy atom. The Morgan fingerprint density at radius 1 is 1.53 bits per heavy atom. The second-order valence-corrected chi connectivity index (χ2v) is 5.66. The molecule has 86 valence electrons. The fourth-order valence-corrected chi connectivity index (χ4v) is 1.76. The molecule has 0 aliphatic carbocycles. The Kier molecular flexibility index (Phi) is 4.25. The predicted octanol–water partition coefficient (Wildman–Crippen LogP) is -0.609. The summed E-state index contributed by atoms with van der Waals surface area (Å²) >= 11 is 0. The van der Waals surface area contributed by atoms with Crippen LogP contribution >= 0.6 is 0 Å². The van der Waals surface area contributed by atoms with Crippen LogP contribution in [0.25, 0.3) is 0 Å². The molecule has 1 heterocycles. The van der Waals surface area contributed by atoms with E-state index in [1.807, 2.05) is 6.07 Å².